The molecule has 27 heavy (non-hydrogen) atoms. The van der Waals surface area contributed by atoms with Crippen molar-refractivity contribution in [2.24, 2.45) is 0 Å². The number of para-hydroxylation sites is 1. The first-order valence-corrected chi connectivity index (χ1v) is 9.73. The van der Waals surface area contributed by atoms with E-state index < -0.39 is 6.10 Å². The van der Waals surface area contributed by atoms with Crippen LogP contribution in [0.4, 0.5) is 10.1 Å². The minimum Gasteiger partial charge on any atom is -0.389 e. The molecule has 0 saturated carbocycles. The summed E-state index contributed by atoms with van der Waals surface area (Å²) >= 11 is 0. The van der Waals surface area contributed by atoms with Gasteiger partial charge in [-0.25, -0.2) is 4.39 Å². The van der Waals surface area contributed by atoms with Gasteiger partial charge in [0.05, 0.1) is 24.5 Å². The Balaban J connectivity index is 1.43. The quantitative estimate of drug-likeness (QED) is 0.770. The Bertz CT molecular complexity index is 690. The Hall–Kier alpha value is -1.95. The second kappa shape index (κ2) is 9.83. The van der Waals surface area contributed by atoms with Gasteiger partial charge in [0.2, 0.25) is 0 Å². The summed E-state index contributed by atoms with van der Waals surface area (Å²) in [6.45, 7) is 6.12. The zero-order valence-electron chi connectivity index (χ0n) is 15.9. The van der Waals surface area contributed by atoms with E-state index in [0.29, 0.717) is 18.8 Å². The maximum atomic E-state index is 13.9. The Morgan fingerprint density at radius 1 is 1.00 bits per heavy atom. The molecule has 2 atom stereocenters. The van der Waals surface area contributed by atoms with Crippen molar-refractivity contribution in [1.29, 1.82) is 0 Å². The summed E-state index contributed by atoms with van der Waals surface area (Å²) < 4.78 is 19.9. The lowest BCUT2D eigenvalue weighted by Gasteiger charge is -2.37. The molecule has 1 saturated heterocycles. The normalized spacial score (nSPS) is 17.7. The van der Waals surface area contributed by atoms with Gasteiger partial charge >= 0.3 is 0 Å². The number of hydrogen-bond acceptors (Lipinski definition) is 4. The first-order chi connectivity index (χ1) is 13.2. The Morgan fingerprint density at radius 3 is 2.33 bits per heavy atom. The molecule has 3 rings (SSSR count). The molecule has 0 aliphatic carbocycles. The molecular weight excluding hydrogens is 343 g/mol. The molecule has 0 aromatic heterocycles. The Labute approximate surface area is 161 Å². The number of rotatable bonds is 8. The fourth-order valence-electron chi connectivity index (χ4n) is 3.57. The van der Waals surface area contributed by atoms with Crippen LogP contribution < -0.4 is 4.90 Å². The lowest BCUT2D eigenvalue weighted by atomic mass is 10.1. The smallest absolute Gasteiger partial charge is 0.146 e. The lowest BCUT2D eigenvalue weighted by molar-refractivity contribution is -0.0240. The molecule has 5 heteroatoms. The van der Waals surface area contributed by atoms with E-state index in [1.54, 1.807) is 6.07 Å². The Kier molecular flexibility index (Phi) is 7.21. The SMILES string of the molecule is CC[C@@H](OC[C@@H](O)CN1CCN(c2ccccc2F)CC1)c1ccccc1. The number of aliphatic hydroxyl groups excluding tert-OH is 1. The summed E-state index contributed by atoms with van der Waals surface area (Å²) in [5.74, 6) is -0.175. The van der Waals surface area contributed by atoms with E-state index in [9.17, 15) is 9.50 Å². The monoisotopic (exact) mass is 372 g/mol. The number of nitrogens with zero attached hydrogens (tertiary/aromatic N) is 2. The van der Waals surface area contributed by atoms with Crippen molar-refractivity contribution in [2.75, 3.05) is 44.2 Å². The maximum absolute atomic E-state index is 13.9. The van der Waals surface area contributed by atoms with Gasteiger partial charge in [0.15, 0.2) is 0 Å². The third-order valence-corrected chi connectivity index (χ3v) is 5.07. The van der Waals surface area contributed by atoms with Crippen molar-refractivity contribution in [1.82, 2.24) is 4.90 Å². The van der Waals surface area contributed by atoms with Crippen molar-refractivity contribution < 1.29 is 14.2 Å². The largest absolute Gasteiger partial charge is 0.389 e. The van der Waals surface area contributed by atoms with Crippen LogP contribution in [0.5, 0.6) is 0 Å². The fraction of sp³-hybridized carbons (Fsp3) is 0.455. The van der Waals surface area contributed by atoms with Gasteiger partial charge in [-0.05, 0) is 24.1 Å². The predicted molar refractivity (Wildman–Crippen MR) is 106 cm³/mol. The van der Waals surface area contributed by atoms with Crippen LogP contribution in [0.1, 0.15) is 25.0 Å². The molecule has 1 N–H and O–H groups in total. The van der Waals surface area contributed by atoms with Crippen LogP contribution in [0.2, 0.25) is 0 Å². The highest BCUT2D eigenvalue weighted by atomic mass is 19.1. The van der Waals surface area contributed by atoms with Gasteiger partial charge in [-0.15, -0.1) is 0 Å². The number of benzene rings is 2. The number of ether oxygens (including phenoxy) is 1. The van der Waals surface area contributed by atoms with Crippen LogP contribution in [0, 0.1) is 5.82 Å². The molecular formula is C22H29FN2O2. The lowest BCUT2D eigenvalue weighted by Crippen LogP contribution is -2.49. The second-order valence-electron chi connectivity index (χ2n) is 7.03. The molecule has 146 valence electrons. The van der Waals surface area contributed by atoms with E-state index in [-0.39, 0.29) is 11.9 Å². The Morgan fingerprint density at radius 2 is 1.67 bits per heavy atom. The average molecular weight is 372 g/mol. The van der Waals surface area contributed by atoms with E-state index in [2.05, 4.69) is 28.9 Å². The maximum Gasteiger partial charge on any atom is 0.146 e. The number of halogens is 1. The molecule has 2 aromatic carbocycles. The number of anilines is 1. The second-order valence-corrected chi connectivity index (χ2v) is 7.03. The van der Waals surface area contributed by atoms with Crippen molar-refractivity contribution in [3.8, 4) is 0 Å². The highest BCUT2D eigenvalue weighted by Crippen LogP contribution is 2.22. The van der Waals surface area contributed by atoms with Crippen LogP contribution in [0.15, 0.2) is 54.6 Å². The molecule has 0 spiro atoms. The van der Waals surface area contributed by atoms with Crippen LogP contribution >= 0.6 is 0 Å². The van der Waals surface area contributed by atoms with E-state index in [1.807, 2.05) is 30.3 Å². The van der Waals surface area contributed by atoms with Crippen molar-refractivity contribution >= 4 is 5.69 Å². The van der Waals surface area contributed by atoms with Crippen molar-refractivity contribution in [2.45, 2.75) is 25.6 Å². The van der Waals surface area contributed by atoms with Gasteiger partial charge in [0.25, 0.3) is 0 Å². The first kappa shape index (κ1) is 19.8. The molecule has 1 aliphatic rings. The average Bonchev–Trinajstić information content (AvgIpc) is 2.70. The summed E-state index contributed by atoms with van der Waals surface area (Å²) in [4.78, 5) is 4.28. The van der Waals surface area contributed by atoms with Crippen LogP contribution in [-0.4, -0.2) is 55.4 Å². The fourth-order valence-corrected chi connectivity index (χ4v) is 3.57. The minimum absolute atomic E-state index is 0.0127. The van der Waals surface area contributed by atoms with E-state index in [0.717, 1.165) is 38.2 Å². The summed E-state index contributed by atoms with van der Waals surface area (Å²) in [5, 5.41) is 10.4. The molecule has 1 aliphatic heterocycles. The first-order valence-electron chi connectivity index (χ1n) is 9.73. The molecule has 1 heterocycles. The number of β-amino-alcohol motifs (C(OH)–C–C–N with tert-alkyl or cyclic N) is 1. The van der Waals surface area contributed by atoms with Gasteiger partial charge in [-0.1, -0.05) is 49.4 Å². The molecule has 0 unspecified atom stereocenters. The highest BCUT2D eigenvalue weighted by molar-refractivity contribution is 5.47. The minimum atomic E-state index is -0.525. The molecule has 2 aromatic rings. The van der Waals surface area contributed by atoms with E-state index >= 15 is 0 Å². The standard InChI is InChI=1S/C22H29FN2O2/c1-2-22(18-8-4-3-5-9-18)27-17-19(26)16-24-12-14-25(15-13-24)21-11-7-6-10-20(21)23/h3-11,19,22,26H,2,12-17H2,1H3/t19-,22+/m0/s1. The van der Waals surface area contributed by atoms with Crippen LogP contribution in [-0.2, 0) is 4.74 Å². The van der Waals surface area contributed by atoms with E-state index in [4.69, 9.17) is 4.74 Å². The van der Waals surface area contributed by atoms with E-state index in [1.165, 1.54) is 6.07 Å². The molecule has 0 amide bonds. The van der Waals surface area contributed by atoms with Gasteiger partial charge in [-0.2, -0.15) is 0 Å². The number of hydrogen-bond donors (Lipinski definition) is 1. The zero-order valence-corrected chi connectivity index (χ0v) is 15.9. The number of aliphatic hydroxyl groups is 1. The van der Waals surface area contributed by atoms with Crippen molar-refractivity contribution in [3.63, 3.8) is 0 Å². The van der Waals surface area contributed by atoms with Gasteiger partial charge < -0.3 is 14.7 Å². The molecule has 0 radical (unpaired) electrons. The highest BCUT2D eigenvalue weighted by Gasteiger charge is 2.21. The third kappa shape index (κ3) is 5.51. The van der Waals surface area contributed by atoms with Gasteiger partial charge in [0.1, 0.15) is 5.82 Å². The molecule has 1 fully saturated rings. The topological polar surface area (TPSA) is 35.9 Å². The summed E-state index contributed by atoms with van der Waals surface area (Å²) in [6, 6.07) is 17.0. The summed E-state index contributed by atoms with van der Waals surface area (Å²) in [5.41, 5.74) is 1.81. The van der Waals surface area contributed by atoms with Gasteiger partial charge in [-0.3, -0.25) is 4.90 Å². The molecule has 4 nitrogen and oxygen atoms in total. The van der Waals surface area contributed by atoms with Gasteiger partial charge in [0, 0.05) is 32.7 Å². The zero-order chi connectivity index (χ0) is 19.1. The molecule has 0 bridgehead atoms. The van der Waals surface area contributed by atoms with Crippen molar-refractivity contribution in [3.05, 3.63) is 66.0 Å². The van der Waals surface area contributed by atoms with Crippen LogP contribution in [0.25, 0.3) is 0 Å². The summed E-state index contributed by atoms with van der Waals surface area (Å²) in [6.07, 6.45) is 0.361. The van der Waals surface area contributed by atoms with Crippen LogP contribution in [0.3, 0.4) is 0 Å². The third-order valence-electron chi connectivity index (χ3n) is 5.07. The number of piperazine rings is 1. The summed E-state index contributed by atoms with van der Waals surface area (Å²) in [7, 11) is 0. The predicted octanol–water partition coefficient (Wildman–Crippen LogP) is 3.48.